The number of fused-ring (bicyclic) bond motifs is 1. The molecule has 4 rings (SSSR count). The van der Waals surface area contributed by atoms with Gasteiger partial charge in [-0.05, 0) is 35.4 Å². The van der Waals surface area contributed by atoms with Gasteiger partial charge in [-0.15, -0.1) is 0 Å². The van der Waals surface area contributed by atoms with Crippen molar-refractivity contribution >= 4 is 43.8 Å². The van der Waals surface area contributed by atoms with Crippen LogP contribution < -0.4 is 0 Å². The topological polar surface area (TPSA) is 71.1 Å². The number of halogens is 2. The Balaban J connectivity index is 1.38. The zero-order valence-electron chi connectivity index (χ0n) is 14.5. The summed E-state index contributed by atoms with van der Waals surface area (Å²) in [6.07, 6.45) is -3.52. The Bertz CT molecular complexity index is 794. The predicted octanol–water partition coefficient (Wildman–Crippen LogP) is 3.53. The zero-order valence-corrected chi connectivity index (χ0v) is 17.7. The number of hydrogen-bond donors (Lipinski definition) is 0. The van der Waals surface area contributed by atoms with Gasteiger partial charge in [0.25, 0.3) is 0 Å². The highest BCUT2D eigenvalue weighted by atomic mass is 79.9. The third-order valence-electron chi connectivity index (χ3n) is 4.58. The lowest BCUT2D eigenvalue weighted by molar-refractivity contribution is -0.165. The van der Waals surface area contributed by atoms with E-state index in [1.807, 2.05) is 48.5 Å². The molecule has 2 aliphatic heterocycles. The fourth-order valence-corrected chi connectivity index (χ4v) is 3.66. The largest absolute Gasteiger partial charge is 0.453 e. The fourth-order valence-electron chi connectivity index (χ4n) is 3.13. The number of carbonyl (C=O) groups is 2. The maximum atomic E-state index is 12.2. The molecule has 0 aliphatic carbocycles. The molecule has 4 atom stereocenters. The minimum atomic E-state index is -0.959. The number of rotatable bonds is 6. The molecule has 2 heterocycles. The first kappa shape index (κ1) is 19.6. The molecule has 0 radical (unpaired) electrons. The molecule has 0 amide bonds. The Labute approximate surface area is 178 Å². The van der Waals surface area contributed by atoms with E-state index >= 15 is 0 Å². The Morgan fingerprint density at radius 3 is 1.39 bits per heavy atom. The van der Waals surface area contributed by atoms with E-state index in [-0.39, 0.29) is 13.2 Å². The van der Waals surface area contributed by atoms with Gasteiger partial charge in [-0.1, -0.05) is 56.1 Å². The van der Waals surface area contributed by atoms with Gasteiger partial charge in [0.2, 0.25) is 0 Å². The molecule has 2 aliphatic rings. The molecular formula is C20H16Br2O6. The van der Waals surface area contributed by atoms with Gasteiger partial charge in [0.15, 0.2) is 24.4 Å². The Kier molecular flexibility index (Phi) is 5.82. The Morgan fingerprint density at radius 1 is 0.679 bits per heavy atom. The van der Waals surface area contributed by atoms with Crippen LogP contribution in [-0.4, -0.2) is 36.4 Å². The first-order valence-corrected chi connectivity index (χ1v) is 10.2. The van der Waals surface area contributed by atoms with Crippen LogP contribution in [0.1, 0.15) is 11.1 Å². The predicted molar refractivity (Wildman–Crippen MR) is 105 cm³/mol. The third kappa shape index (κ3) is 4.15. The molecule has 8 heteroatoms. The van der Waals surface area contributed by atoms with Crippen molar-refractivity contribution in [2.45, 2.75) is 37.6 Å². The molecule has 0 spiro atoms. The highest BCUT2D eigenvalue weighted by Gasteiger charge is 2.59. The first-order chi connectivity index (χ1) is 13.5. The number of ether oxygens (including phenoxy) is 4. The van der Waals surface area contributed by atoms with Crippen LogP contribution in [0.2, 0.25) is 0 Å². The second kappa shape index (κ2) is 8.32. The van der Waals surface area contributed by atoms with E-state index in [2.05, 4.69) is 31.9 Å². The van der Waals surface area contributed by atoms with E-state index in [1.165, 1.54) is 0 Å². The number of carbonyl (C=O) groups excluding carboxylic acids is 2. The molecule has 0 unspecified atom stereocenters. The molecule has 28 heavy (non-hydrogen) atoms. The third-order valence-corrected chi connectivity index (χ3v) is 5.63. The van der Waals surface area contributed by atoms with Crippen molar-refractivity contribution in [3.8, 4) is 0 Å². The van der Waals surface area contributed by atoms with E-state index < -0.39 is 36.4 Å². The number of esters is 2. The van der Waals surface area contributed by atoms with Crippen molar-refractivity contribution in [1.29, 1.82) is 0 Å². The first-order valence-electron chi connectivity index (χ1n) is 8.64. The number of benzene rings is 2. The summed E-state index contributed by atoms with van der Waals surface area (Å²) >= 11 is 6.74. The second-order valence-electron chi connectivity index (χ2n) is 6.52. The van der Waals surface area contributed by atoms with E-state index in [0.717, 1.165) is 20.1 Å². The van der Waals surface area contributed by atoms with Gasteiger partial charge in [-0.25, -0.2) is 9.59 Å². The molecule has 2 aromatic rings. The van der Waals surface area contributed by atoms with Crippen LogP contribution >= 0.6 is 31.9 Å². The summed E-state index contributed by atoms with van der Waals surface area (Å²) in [5.74, 6) is -1.09. The molecule has 2 saturated heterocycles. The van der Waals surface area contributed by atoms with Crippen LogP contribution in [0.3, 0.4) is 0 Å². The summed E-state index contributed by atoms with van der Waals surface area (Å²) in [4.78, 5) is 24.4. The van der Waals surface area contributed by atoms with Gasteiger partial charge in [0, 0.05) is 8.95 Å². The summed E-state index contributed by atoms with van der Waals surface area (Å²) in [6, 6.07) is 15.1. The van der Waals surface area contributed by atoms with Crippen LogP contribution in [0.15, 0.2) is 57.5 Å². The normalized spacial score (nSPS) is 26.1. The Morgan fingerprint density at radius 2 is 1.04 bits per heavy atom. The summed E-state index contributed by atoms with van der Waals surface area (Å²) < 4.78 is 24.0. The molecule has 0 N–H and O–H groups in total. The molecule has 146 valence electrons. The highest BCUT2D eigenvalue weighted by molar-refractivity contribution is 9.10. The van der Waals surface area contributed by atoms with Gasteiger partial charge in [0.1, 0.15) is 0 Å². The van der Waals surface area contributed by atoms with E-state index in [0.29, 0.717) is 0 Å². The number of hydrogen-bond acceptors (Lipinski definition) is 6. The standard InChI is InChI=1S/C20H16Br2O6/c21-13-5-1-11(2-6-13)9-25-17-15-16(28-19(17)23)18(20(24)27-15)26-10-12-3-7-14(22)8-4-12/h1-8,15-18H,9-10H2/t15-,16-,17-,18-/m1/s1. The van der Waals surface area contributed by atoms with Crippen LogP contribution in [0.4, 0.5) is 0 Å². The van der Waals surface area contributed by atoms with E-state index in [9.17, 15) is 9.59 Å². The van der Waals surface area contributed by atoms with Gasteiger partial charge in [0.05, 0.1) is 13.2 Å². The molecule has 0 bridgehead atoms. The smallest absolute Gasteiger partial charge is 0.339 e. The van der Waals surface area contributed by atoms with Crippen LogP contribution in [0.25, 0.3) is 0 Å². The van der Waals surface area contributed by atoms with Crippen molar-refractivity contribution in [2.75, 3.05) is 0 Å². The molecule has 2 fully saturated rings. The van der Waals surface area contributed by atoms with Gasteiger partial charge >= 0.3 is 11.9 Å². The van der Waals surface area contributed by atoms with Crippen molar-refractivity contribution < 1.29 is 28.5 Å². The zero-order chi connectivity index (χ0) is 19.7. The van der Waals surface area contributed by atoms with Crippen molar-refractivity contribution in [2.24, 2.45) is 0 Å². The maximum Gasteiger partial charge on any atom is 0.339 e. The SMILES string of the molecule is O=C1O[C@@H]2[C@@H](OC(=O)[C@@H]2OCc2ccc(Br)cc2)[C@H]1OCc1ccc(Br)cc1. The lowest BCUT2D eigenvalue weighted by atomic mass is 10.1. The van der Waals surface area contributed by atoms with Gasteiger partial charge in [-0.2, -0.15) is 0 Å². The maximum absolute atomic E-state index is 12.2. The lowest BCUT2D eigenvalue weighted by Gasteiger charge is -2.14. The van der Waals surface area contributed by atoms with E-state index in [4.69, 9.17) is 18.9 Å². The quantitative estimate of drug-likeness (QED) is 0.552. The Hall–Kier alpha value is -1.74. The van der Waals surface area contributed by atoms with E-state index in [1.54, 1.807) is 0 Å². The lowest BCUT2D eigenvalue weighted by Crippen LogP contribution is -2.34. The molecule has 2 aromatic carbocycles. The molecule has 6 nitrogen and oxygen atoms in total. The average Bonchev–Trinajstić information content (AvgIpc) is 3.14. The summed E-state index contributed by atoms with van der Waals surface area (Å²) in [5, 5.41) is 0. The fraction of sp³-hybridized carbons (Fsp3) is 0.300. The molecule has 0 saturated carbocycles. The monoisotopic (exact) mass is 510 g/mol. The summed E-state index contributed by atoms with van der Waals surface area (Å²) in [7, 11) is 0. The van der Waals surface area contributed by atoms with Gasteiger partial charge in [-0.3, -0.25) is 0 Å². The average molecular weight is 512 g/mol. The second-order valence-corrected chi connectivity index (χ2v) is 8.35. The minimum absolute atomic E-state index is 0.207. The summed E-state index contributed by atoms with van der Waals surface area (Å²) in [6.45, 7) is 0.413. The van der Waals surface area contributed by atoms with Crippen LogP contribution in [0, 0.1) is 0 Å². The summed E-state index contributed by atoms with van der Waals surface area (Å²) in [5.41, 5.74) is 1.79. The van der Waals surface area contributed by atoms with Gasteiger partial charge < -0.3 is 18.9 Å². The van der Waals surface area contributed by atoms with Crippen LogP contribution in [-0.2, 0) is 41.8 Å². The molecular weight excluding hydrogens is 496 g/mol. The highest BCUT2D eigenvalue weighted by Crippen LogP contribution is 2.33. The van der Waals surface area contributed by atoms with Crippen molar-refractivity contribution in [1.82, 2.24) is 0 Å². The van der Waals surface area contributed by atoms with Crippen molar-refractivity contribution in [3.05, 3.63) is 68.6 Å². The minimum Gasteiger partial charge on any atom is -0.453 e. The van der Waals surface area contributed by atoms with Crippen molar-refractivity contribution in [3.63, 3.8) is 0 Å². The molecule has 0 aromatic heterocycles. The van der Waals surface area contributed by atoms with Crippen LogP contribution in [0.5, 0.6) is 0 Å².